The Hall–Kier alpha value is -1.88. The maximum atomic E-state index is 13.6. The highest BCUT2D eigenvalue weighted by Gasteiger charge is 2.12. The first-order valence-electron chi connectivity index (χ1n) is 7.49. The SMILES string of the molecule is CCC(CNC(=O)COc1ccc(Br)cc1F)c1ccccc1. The van der Waals surface area contributed by atoms with E-state index in [1.807, 2.05) is 30.3 Å². The van der Waals surface area contributed by atoms with Crippen LogP contribution in [0.5, 0.6) is 5.75 Å². The zero-order valence-corrected chi connectivity index (χ0v) is 14.5. The normalized spacial score (nSPS) is 11.8. The number of rotatable bonds is 7. The highest BCUT2D eigenvalue weighted by atomic mass is 79.9. The third kappa shape index (κ3) is 5.36. The number of nitrogens with one attached hydrogen (secondary N) is 1. The Morgan fingerprint density at radius 2 is 2.00 bits per heavy atom. The van der Waals surface area contributed by atoms with Crippen molar-refractivity contribution in [1.82, 2.24) is 5.32 Å². The van der Waals surface area contributed by atoms with E-state index in [9.17, 15) is 9.18 Å². The molecule has 0 saturated carbocycles. The summed E-state index contributed by atoms with van der Waals surface area (Å²) in [4.78, 5) is 11.9. The molecule has 1 unspecified atom stereocenters. The Bertz CT molecular complexity index is 649. The molecule has 1 amide bonds. The largest absolute Gasteiger partial charge is 0.481 e. The van der Waals surface area contributed by atoms with E-state index in [1.165, 1.54) is 17.7 Å². The van der Waals surface area contributed by atoms with Crippen molar-refractivity contribution in [3.05, 3.63) is 64.4 Å². The van der Waals surface area contributed by atoms with Crippen molar-refractivity contribution in [2.75, 3.05) is 13.2 Å². The third-order valence-electron chi connectivity index (χ3n) is 3.56. The van der Waals surface area contributed by atoms with E-state index in [0.717, 1.165) is 6.42 Å². The van der Waals surface area contributed by atoms with Crippen LogP contribution < -0.4 is 10.1 Å². The molecule has 1 atom stereocenters. The maximum Gasteiger partial charge on any atom is 0.257 e. The number of carbonyl (C=O) groups is 1. The zero-order valence-electron chi connectivity index (χ0n) is 12.9. The van der Waals surface area contributed by atoms with Crippen LogP contribution in [0, 0.1) is 5.82 Å². The number of amides is 1. The van der Waals surface area contributed by atoms with Gasteiger partial charge < -0.3 is 10.1 Å². The minimum absolute atomic E-state index is 0.0680. The molecule has 0 saturated heterocycles. The third-order valence-corrected chi connectivity index (χ3v) is 4.06. The summed E-state index contributed by atoms with van der Waals surface area (Å²) in [6, 6.07) is 14.5. The molecule has 0 fully saturated rings. The lowest BCUT2D eigenvalue weighted by molar-refractivity contribution is -0.123. The van der Waals surface area contributed by atoms with Crippen LogP contribution in [0.4, 0.5) is 4.39 Å². The van der Waals surface area contributed by atoms with Crippen molar-refractivity contribution in [2.45, 2.75) is 19.3 Å². The Kier molecular flexibility index (Phi) is 6.59. The molecule has 23 heavy (non-hydrogen) atoms. The molecule has 122 valence electrons. The van der Waals surface area contributed by atoms with Crippen molar-refractivity contribution < 1.29 is 13.9 Å². The Labute approximate surface area is 144 Å². The predicted octanol–water partition coefficient (Wildman–Crippen LogP) is 4.28. The van der Waals surface area contributed by atoms with Gasteiger partial charge in [-0.2, -0.15) is 0 Å². The summed E-state index contributed by atoms with van der Waals surface area (Å²) in [5, 5.41) is 2.84. The number of hydrogen-bond donors (Lipinski definition) is 1. The van der Waals surface area contributed by atoms with Crippen LogP contribution in [0.1, 0.15) is 24.8 Å². The van der Waals surface area contributed by atoms with Gasteiger partial charge in [-0.15, -0.1) is 0 Å². The number of hydrogen-bond acceptors (Lipinski definition) is 2. The fourth-order valence-corrected chi connectivity index (χ4v) is 2.58. The molecule has 5 heteroatoms. The zero-order chi connectivity index (χ0) is 16.7. The van der Waals surface area contributed by atoms with Crippen LogP contribution in [0.25, 0.3) is 0 Å². The first kappa shape index (κ1) is 17.5. The van der Waals surface area contributed by atoms with Gasteiger partial charge in [0.05, 0.1) is 0 Å². The molecule has 0 aliphatic heterocycles. The van der Waals surface area contributed by atoms with E-state index in [4.69, 9.17) is 4.74 Å². The molecule has 2 aromatic carbocycles. The quantitative estimate of drug-likeness (QED) is 0.779. The number of carbonyl (C=O) groups excluding carboxylic acids is 1. The Morgan fingerprint density at radius 3 is 2.65 bits per heavy atom. The summed E-state index contributed by atoms with van der Waals surface area (Å²) in [6.45, 7) is 2.41. The molecule has 2 rings (SSSR count). The molecule has 0 aliphatic carbocycles. The lowest BCUT2D eigenvalue weighted by Gasteiger charge is -2.16. The summed E-state index contributed by atoms with van der Waals surface area (Å²) in [5.41, 5.74) is 1.19. The van der Waals surface area contributed by atoms with Gasteiger partial charge >= 0.3 is 0 Å². The second kappa shape index (κ2) is 8.67. The van der Waals surface area contributed by atoms with E-state index in [2.05, 4.69) is 28.2 Å². The summed E-state index contributed by atoms with van der Waals surface area (Å²) in [7, 11) is 0. The highest BCUT2D eigenvalue weighted by Crippen LogP contribution is 2.21. The summed E-state index contributed by atoms with van der Waals surface area (Å²) in [5.74, 6) is -0.437. The van der Waals surface area contributed by atoms with E-state index in [1.54, 1.807) is 6.07 Å². The van der Waals surface area contributed by atoms with Gasteiger partial charge in [0.2, 0.25) is 0 Å². The smallest absolute Gasteiger partial charge is 0.257 e. The molecule has 2 aromatic rings. The van der Waals surface area contributed by atoms with Crippen molar-refractivity contribution in [2.24, 2.45) is 0 Å². The fraction of sp³-hybridized carbons (Fsp3) is 0.278. The highest BCUT2D eigenvalue weighted by molar-refractivity contribution is 9.10. The Balaban J connectivity index is 1.82. The standard InChI is InChI=1S/C18H19BrFNO2/c1-2-13(14-6-4-3-5-7-14)11-21-18(22)12-23-17-9-8-15(19)10-16(17)20/h3-10,13H,2,11-12H2,1H3,(H,21,22). The molecule has 0 bridgehead atoms. The van der Waals surface area contributed by atoms with Crippen molar-refractivity contribution in [1.29, 1.82) is 0 Å². The number of benzene rings is 2. The second-order valence-corrected chi connectivity index (χ2v) is 6.10. The summed E-state index contributed by atoms with van der Waals surface area (Å²) in [6.07, 6.45) is 0.923. The molecule has 0 heterocycles. The lowest BCUT2D eigenvalue weighted by atomic mass is 9.96. The topological polar surface area (TPSA) is 38.3 Å². The van der Waals surface area contributed by atoms with Crippen molar-refractivity contribution >= 4 is 21.8 Å². The molecular weight excluding hydrogens is 361 g/mol. The maximum absolute atomic E-state index is 13.6. The molecule has 0 aromatic heterocycles. The first-order valence-corrected chi connectivity index (χ1v) is 8.29. The van der Waals surface area contributed by atoms with Gasteiger partial charge in [0.1, 0.15) is 0 Å². The number of ether oxygens (including phenoxy) is 1. The first-order chi connectivity index (χ1) is 11.1. The van der Waals surface area contributed by atoms with Crippen molar-refractivity contribution in [3.8, 4) is 5.75 Å². The van der Waals surface area contributed by atoms with Crippen LogP contribution in [0.15, 0.2) is 53.0 Å². The molecule has 3 nitrogen and oxygen atoms in total. The summed E-state index contributed by atoms with van der Waals surface area (Å²) < 4.78 is 19.4. The van der Waals surface area contributed by atoms with Gasteiger partial charge in [-0.1, -0.05) is 53.2 Å². The van der Waals surface area contributed by atoms with Crippen LogP contribution in [0.2, 0.25) is 0 Å². The minimum Gasteiger partial charge on any atom is -0.481 e. The predicted molar refractivity (Wildman–Crippen MR) is 92.1 cm³/mol. The molecule has 0 spiro atoms. The van der Waals surface area contributed by atoms with Crippen LogP contribution in [-0.2, 0) is 4.79 Å². The van der Waals surface area contributed by atoms with Gasteiger partial charge in [-0.05, 0) is 30.2 Å². The fourth-order valence-electron chi connectivity index (χ4n) is 2.25. The molecule has 1 N–H and O–H groups in total. The van der Waals surface area contributed by atoms with E-state index in [-0.39, 0.29) is 24.2 Å². The van der Waals surface area contributed by atoms with E-state index in [0.29, 0.717) is 11.0 Å². The summed E-state index contributed by atoms with van der Waals surface area (Å²) >= 11 is 3.17. The average molecular weight is 380 g/mol. The second-order valence-electron chi connectivity index (χ2n) is 5.18. The van der Waals surface area contributed by atoms with Crippen molar-refractivity contribution in [3.63, 3.8) is 0 Å². The molecular formula is C18H19BrFNO2. The monoisotopic (exact) mass is 379 g/mol. The molecule has 0 radical (unpaired) electrons. The van der Waals surface area contributed by atoms with Crippen LogP contribution in [-0.4, -0.2) is 19.1 Å². The van der Waals surface area contributed by atoms with Crippen LogP contribution in [0.3, 0.4) is 0 Å². The van der Waals surface area contributed by atoms with Gasteiger partial charge in [-0.3, -0.25) is 4.79 Å². The van der Waals surface area contributed by atoms with Gasteiger partial charge in [0.15, 0.2) is 18.2 Å². The Morgan fingerprint density at radius 1 is 1.26 bits per heavy atom. The van der Waals surface area contributed by atoms with Crippen LogP contribution >= 0.6 is 15.9 Å². The number of halogens is 2. The minimum atomic E-state index is -0.497. The molecule has 0 aliphatic rings. The average Bonchev–Trinajstić information content (AvgIpc) is 2.55. The van der Waals surface area contributed by atoms with Gasteiger partial charge in [0.25, 0.3) is 5.91 Å². The van der Waals surface area contributed by atoms with Gasteiger partial charge in [0, 0.05) is 16.9 Å². The van der Waals surface area contributed by atoms with Gasteiger partial charge in [-0.25, -0.2) is 4.39 Å². The van der Waals surface area contributed by atoms with E-state index >= 15 is 0 Å². The van der Waals surface area contributed by atoms with E-state index < -0.39 is 5.82 Å². The lowest BCUT2D eigenvalue weighted by Crippen LogP contribution is -2.32.